The molecule has 2 rings (SSSR count). The van der Waals surface area contributed by atoms with Gasteiger partial charge in [-0.1, -0.05) is 12.1 Å². The molecule has 0 aromatic heterocycles. The number of nitrogens with one attached hydrogen (secondary N) is 1. The summed E-state index contributed by atoms with van der Waals surface area (Å²) in [7, 11) is 0. The minimum atomic E-state index is -1.01. The van der Waals surface area contributed by atoms with Gasteiger partial charge in [0.25, 0.3) is 5.69 Å². The molecule has 0 radical (unpaired) electrons. The number of halogens is 3. The first-order chi connectivity index (χ1) is 9.49. The zero-order valence-corrected chi connectivity index (χ0v) is 10.1. The Morgan fingerprint density at radius 2 is 1.85 bits per heavy atom. The fourth-order valence-electron chi connectivity index (χ4n) is 1.64. The van der Waals surface area contributed by atoms with E-state index in [4.69, 9.17) is 0 Å². The number of rotatable bonds is 4. The molecule has 1 N–H and O–H groups in total. The van der Waals surface area contributed by atoms with Gasteiger partial charge in [-0.2, -0.15) is 0 Å². The van der Waals surface area contributed by atoms with Crippen LogP contribution in [-0.2, 0) is 6.54 Å². The molecule has 20 heavy (non-hydrogen) atoms. The lowest BCUT2D eigenvalue weighted by Gasteiger charge is -2.08. The molecule has 0 unspecified atom stereocenters. The maximum absolute atomic E-state index is 13.6. The highest BCUT2D eigenvalue weighted by Gasteiger charge is 2.12. The monoisotopic (exact) mass is 282 g/mol. The van der Waals surface area contributed by atoms with Crippen LogP contribution in [0.3, 0.4) is 0 Å². The van der Waals surface area contributed by atoms with Crippen LogP contribution in [0.25, 0.3) is 0 Å². The molecule has 0 saturated heterocycles. The molecule has 0 aliphatic heterocycles. The number of hydrogen-bond donors (Lipinski definition) is 1. The largest absolute Gasteiger partial charge is 0.378 e. The van der Waals surface area contributed by atoms with Gasteiger partial charge in [0.15, 0.2) is 17.5 Å². The van der Waals surface area contributed by atoms with E-state index < -0.39 is 22.4 Å². The van der Waals surface area contributed by atoms with Crippen LogP contribution in [0.15, 0.2) is 36.4 Å². The van der Waals surface area contributed by atoms with Crippen molar-refractivity contribution in [3.05, 3.63) is 69.5 Å². The van der Waals surface area contributed by atoms with Crippen LogP contribution in [0.4, 0.5) is 24.5 Å². The van der Waals surface area contributed by atoms with E-state index in [1.165, 1.54) is 18.2 Å². The summed E-state index contributed by atoms with van der Waals surface area (Å²) in [6.45, 7) is -0.141. The third-order valence-electron chi connectivity index (χ3n) is 2.66. The number of anilines is 1. The Labute approximate surface area is 112 Å². The normalized spacial score (nSPS) is 10.3. The Kier molecular flexibility index (Phi) is 3.88. The molecule has 0 spiro atoms. The van der Waals surface area contributed by atoms with Gasteiger partial charge in [-0.3, -0.25) is 10.1 Å². The predicted molar refractivity (Wildman–Crippen MR) is 66.7 cm³/mol. The highest BCUT2D eigenvalue weighted by molar-refractivity contribution is 5.50. The van der Waals surface area contributed by atoms with E-state index in [1.54, 1.807) is 0 Å². The average molecular weight is 282 g/mol. The van der Waals surface area contributed by atoms with Crippen LogP contribution >= 0.6 is 0 Å². The van der Waals surface area contributed by atoms with E-state index in [2.05, 4.69) is 5.32 Å². The molecule has 0 atom stereocenters. The quantitative estimate of drug-likeness (QED) is 0.688. The average Bonchev–Trinajstić information content (AvgIpc) is 2.41. The first-order valence-electron chi connectivity index (χ1n) is 5.59. The predicted octanol–water partition coefficient (Wildman–Crippen LogP) is 3.62. The highest BCUT2D eigenvalue weighted by Crippen LogP contribution is 2.21. The molecular weight excluding hydrogens is 273 g/mol. The Hall–Kier alpha value is -2.57. The van der Waals surface area contributed by atoms with Crippen molar-refractivity contribution in [3.63, 3.8) is 0 Å². The minimum absolute atomic E-state index is 0.0285. The minimum Gasteiger partial charge on any atom is -0.378 e. The van der Waals surface area contributed by atoms with Crippen LogP contribution in [0.5, 0.6) is 0 Å². The molecule has 0 bridgehead atoms. The third kappa shape index (κ3) is 2.87. The molecule has 0 aliphatic rings. The number of hydrogen-bond acceptors (Lipinski definition) is 3. The van der Waals surface area contributed by atoms with E-state index in [-0.39, 0.29) is 23.5 Å². The van der Waals surface area contributed by atoms with Crippen molar-refractivity contribution in [3.8, 4) is 0 Å². The van der Waals surface area contributed by atoms with E-state index in [0.29, 0.717) is 0 Å². The number of nitro benzene ring substituents is 1. The molecule has 104 valence electrons. The first kappa shape index (κ1) is 13.9. The molecule has 0 aliphatic carbocycles. The summed E-state index contributed by atoms with van der Waals surface area (Å²) < 4.78 is 39.9. The number of benzene rings is 2. The fraction of sp³-hybridized carbons (Fsp3) is 0.0769. The van der Waals surface area contributed by atoms with Crippen molar-refractivity contribution < 1.29 is 18.1 Å². The van der Waals surface area contributed by atoms with Gasteiger partial charge in [-0.05, 0) is 12.1 Å². The molecule has 4 nitrogen and oxygen atoms in total. The molecule has 2 aromatic carbocycles. The SMILES string of the molecule is O=[N+]([O-])c1ccc(NCc2cccc(F)c2F)c(F)c1. The Morgan fingerprint density at radius 3 is 2.50 bits per heavy atom. The van der Waals surface area contributed by atoms with Crippen molar-refractivity contribution in [1.29, 1.82) is 0 Å². The summed E-state index contributed by atoms with van der Waals surface area (Å²) in [6, 6.07) is 6.71. The first-order valence-corrected chi connectivity index (χ1v) is 5.59. The summed E-state index contributed by atoms with van der Waals surface area (Å²) >= 11 is 0. The van der Waals surface area contributed by atoms with Gasteiger partial charge < -0.3 is 5.32 Å². The van der Waals surface area contributed by atoms with Crippen molar-refractivity contribution in [2.24, 2.45) is 0 Å². The van der Waals surface area contributed by atoms with Crippen LogP contribution < -0.4 is 5.32 Å². The third-order valence-corrected chi connectivity index (χ3v) is 2.66. The zero-order valence-electron chi connectivity index (χ0n) is 10.1. The molecule has 0 heterocycles. The van der Waals surface area contributed by atoms with Crippen molar-refractivity contribution in [1.82, 2.24) is 0 Å². The van der Waals surface area contributed by atoms with Crippen LogP contribution in [0.1, 0.15) is 5.56 Å². The Morgan fingerprint density at radius 1 is 1.10 bits per heavy atom. The molecule has 7 heteroatoms. The lowest BCUT2D eigenvalue weighted by Crippen LogP contribution is -2.05. The second-order valence-corrected chi connectivity index (χ2v) is 3.99. The summed E-state index contributed by atoms with van der Waals surface area (Å²) in [5, 5.41) is 13.0. The standard InChI is InChI=1S/C13H9F3N2O2/c14-10-3-1-2-8(13(10)16)7-17-12-5-4-9(18(19)20)6-11(12)15/h1-6,17H,7H2. The maximum atomic E-state index is 13.6. The highest BCUT2D eigenvalue weighted by atomic mass is 19.2. The Bertz CT molecular complexity index is 662. The van der Waals surface area contributed by atoms with Crippen molar-refractivity contribution >= 4 is 11.4 Å². The van der Waals surface area contributed by atoms with Gasteiger partial charge in [0.2, 0.25) is 0 Å². The second-order valence-electron chi connectivity index (χ2n) is 3.99. The van der Waals surface area contributed by atoms with Gasteiger partial charge in [0, 0.05) is 18.2 Å². The maximum Gasteiger partial charge on any atom is 0.272 e. The van der Waals surface area contributed by atoms with Crippen molar-refractivity contribution in [2.45, 2.75) is 6.54 Å². The van der Waals surface area contributed by atoms with E-state index in [1.807, 2.05) is 0 Å². The number of non-ortho nitro benzene ring substituents is 1. The topological polar surface area (TPSA) is 55.2 Å². The zero-order chi connectivity index (χ0) is 14.7. The van der Waals surface area contributed by atoms with E-state index in [9.17, 15) is 23.3 Å². The van der Waals surface area contributed by atoms with Crippen LogP contribution in [0, 0.1) is 27.6 Å². The molecule has 2 aromatic rings. The van der Waals surface area contributed by atoms with Gasteiger partial charge in [-0.15, -0.1) is 0 Å². The summed E-state index contributed by atoms with van der Waals surface area (Å²) in [5.74, 6) is -2.84. The molecule has 0 amide bonds. The lowest BCUT2D eigenvalue weighted by atomic mass is 10.2. The van der Waals surface area contributed by atoms with Crippen molar-refractivity contribution in [2.75, 3.05) is 5.32 Å². The fourth-order valence-corrected chi connectivity index (χ4v) is 1.64. The summed E-state index contributed by atoms with van der Waals surface area (Å²) in [5.41, 5.74) is -0.382. The van der Waals surface area contributed by atoms with Gasteiger partial charge in [-0.25, -0.2) is 13.2 Å². The second kappa shape index (κ2) is 5.60. The Balaban J connectivity index is 2.15. The molecule has 0 fully saturated rings. The van der Waals surface area contributed by atoms with Gasteiger partial charge >= 0.3 is 0 Å². The van der Waals surface area contributed by atoms with E-state index >= 15 is 0 Å². The van der Waals surface area contributed by atoms with Gasteiger partial charge in [0.05, 0.1) is 16.7 Å². The number of nitrogens with zero attached hydrogens (tertiary/aromatic N) is 1. The lowest BCUT2D eigenvalue weighted by molar-refractivity contribution is -0.385. The molecular formula is C13H9F3N2O2. The smallest absolute Gasteiger partial charge is 0.272 e. The summed E-state index contributed by atoms with van der Waals surface area (Å²) in [4.78, 5) is 9.73. The summed E-state index contributed by atoms with van der Waals surface area (Å²) in [6.07, 6.45) is 0. The number of nitro groups is 1. The van der Waals surface area contributed by atoms with Crippen LogP contribution in [-0.4, -0.2) is 4.92 Å². The van der Waals surface area contributed by atoms with Crippen LogP contribution in [0.2, 0.25) is 0 Å². The van der Waals surface area contributed by atoms with E-state index in [0.717, 1.165) is 18.2 Å². The van der Waals surface area contributed by atoms with Gasteiger partial charge in [0.1, 0.15) is 0 Å². The molecule has 0 saturated carbocycles.